The molecule has 1 N–H and O–H groups in total. The van der Waals surface area contributed by atoms with Crippen LogP contribution in [0.1, 0.15) is 35.0 Å². The molecular weight excluding hydrogens is 400 g/mol. The van der Waals surface area contributed by atoms with Gasteiger partial charge in [0.15, 0.2) is 17.3 Å². The highest BCUT2D eigenvalue weighted by atomic mass is 32.1. The molecule has 2 aliphatic heterocycles. The second-order valence-corrected chi connectivity index (χ2v) is 8.86. The lowest BCUT2D eigenvalue weighted by atomic mass is 9.88. The first-order valence-corrected chi connectivity index (χ1v) is 11.5. The normalized spacial score (nSPS) is 18.0. The number of Topliss-reactive ketones (excluding diaryl/α,β-unsaturated/α-hetero) is 1. The number of fused-ring (bicyclic) bond motifs is 1. The lowest BCUT2D eigenvalue weighted by molar-refractivity contribution is -0.126. The van der Waals surface area contributed by atoms with Crippen LogP contribution >= 0.6 is 11.3 Å². The molecule has 160 valence electrons. The van der Waals surface area contributed by atoms with Crippen LogP contribution in [0.2, 0.25) is 0 Å². The summed E-state index contributed by atoms with van der Waals surface area (Å²) in [6.07, 6.45) is 2.39. The number of amides is 1. The number of carbonyl (C=O) groups is 2. The van der Waals surface area contributed by atoms with Gasteiger partial charge in [0, 0.05) is 22.9 Å². The number of likely N-dealkylation sites (tertiary alicyclic amines) is 1. The van der Waals surface area contributed by atoms with Gasteiger partial charge in [0.1, 0.15) is 13.2 Å². The molecule has 0 spiro atoms. The number of ketones is 1. The van der Waals surface area contributed by atoms with E-state index in [1.807, 2.05) is 25.1 Å². The molecule has 1 fully saturated rings. The molecule has 30 heavy (non-hydrogen) atoms. The minimum atomic E-state index is -0.182. The van der Waals surface area contributed by atoms with Gasteiger partial charge >= 0.3 is 0 Å². The molecule has 4 rings (SSSR count). The molecular formula is C23H28N2O4S. The second-order valence-electron chi connectivity index (χ2n) is 7.83. The molecule has 1 aromatic carbocycles. The Hall–Kier alpha value is -2.38. The van der Waals surface area contributed by atoms with Crippen molar-refractivity contribution in [2.45, 2.75) is 32.2 Å². The third-order valence-electron chi connectivity index (χ3n) is 5.90. The van der Waals surface area contributed by atoms with E-state index in [2.05, 4.69) is 21.7 Å². The van der Waals surface area contributed by atoms with Crippen LogP contribution in [0.15, 0.2) is 35.7 Å². The maximum atomic E-state index is 13.0. The van der Waals surface area contributed by atoms with Crippen molar-refractivity contribution >= 4 is 23.0 Å². The Morgan fingerprint density at radius 2 is 1.93 bits per heavy atom. The zero-order valence-electron chi connectivity index (χ0n) is 17.3. The Labute approximate surface area is 181 Å². The number of hydrogen-bond donors (Lipinski definition) is 1. The van der Waals surface area contributed by atoms with Gasteiger partial charge in [-0.1, -0.05) is 6.07 Å². The predicted octanol–water partition coefficient (Wildman–Crippen LogP) is 3.16. The lowest BCUT2D eigenvalue weighted by Gasteiger charge is -2.34. The summed E-state index contributed by atoms with van der Waals surface area (Å²) in [7, 11) is 0. The Balaban J connectivity index is 1.25. The minimum absolute atomic E-state index is 0.0158. The largest absolute Gasteiger partial charge is 0.486 e. The summed E-state index contributed by atoms with van der Waals surface area (Å²) in [5.41, 5.74) is 0.678. The number of nitrogens with one attached hydrogen (secondary N) is 1. The molecule has 1 atom stereocenters. The van der Waals surface area contributed by atoms with Crippen molar-refractivity contribution in [1.29, 1.82) is 0 Å². The Morgan fingerprint density at radius 3 is 2.67 bits per heavy atom. The topological polar surface area (TPSA) is 67.9 Å². The van der Waals surface area contributed by atoms with E-state index in [4.69, 9.17) is 9.47 Å². The fraction of sp³-hybridized carbons (Fsp3) is 0.478. The van der Waals surface area contributed by atoms with E-state index in [1.165, 1.54) is 4.88 Å². The van der Waals surface area contributed by atoms with Crippen LogP contribution < -0.4 is 14.8 Å². The summed E-state index contributed by atoms with van der Waals surface area (Å²) >= 11 is 1.71. The molecule has 0 saturated carbocycles. The highest BCUT2D eigenvalue weighted by Gasteiger charge is 2.30. The molecule has 0 radical (unpaired) electrons. The first kappa shape index (κ1) is 20.9. The highest BCUT2D eigenvalue weighted by molar-refractivity contribution is 7.09. The monoisotopic (exact) mass is 428 g/mol. The Morgan fingerprint density at radius 1 is 1.17 bits per heavy atom. The number of carbonyl (C=O) groups excluding carboxylic acids is 2. The van der Waals surface area contributed by atoms with E-state index >= 15 is 0 Å². The van der Waals surface area contributed by atoms with Crippen LogP contribution in [-0.2, 0) is 11.2 Å². The molecule has 0 aliphatic carbocycles. The maximum absolute atomic E-state index is 13.0. The summed E-state index contributed by atoms with van der Waals surface area (Å²) < 4.78 is 11.1. The first-order chi connectivity index (χ1) is 14.6. The summed E-state index contributed by atoms with van der Waals surface area (Å²) in [5, 5.41) is 5.09. The number of nitrogens with zero attached hydrogens (tertiary/aromatic N) is 1. The van der Waals surface area contributed by atoms with Gasteiger partial charge in [-0.2, -0.15) is 0 Å². The quantitative estimate of drug-likeness (QED) is 0.686. The van der Waals surface area contributed by atoms with E-state index < -0.39 is 0 Å². The van der Waals surface area contributed by atoms with Crippen LogP contribution in [0.3, 0.4) is 0 Å². The van der Waals surface area contributed by atoms with E-state index in [0.29, 0.717) is 36.8 Å². The van der Waals surface area contributed by atoms with Gasteiger partial charge < -0.3 is 14.8 Å². The van der Waals surface area contributed by atoms with E-state index in [1.54, 1.807) is 17.4 Å². The van der Waals surface area contributed by atoms with E-state index in [9.17, 15) is 9.59 Å². The van der Waals surface area contributed by atoms with E-state index in [0.717, 1.165) is 32.4 Å². The standard InChI is InChI=1S/C23H28N2O4S/c1-16(23(27)24-9-6-19-3-2-14-30-19)25-10-7-17(8-11-25)22(26)18-4-5-20-21(15-18)29-13-12-28-20/h2-5,14-17H,6-13H2,1H3,(H,24,27). The van der Waals surface area contributed by atoms with Crippen molar-refractivity contribution < 1.29 is 19.1 Å². The van der Waals surface area contributed by atoms with Crippen LogP contribution in [0.25, 0.3) is 0 Å². The average molecular weight is 429 g/mol. The van der Waals surface area contributed by atoms with Gasteiger partial charge in [-0.05, 0) is 68.9 Å². The van der Waals surface area contributed by atoms with Gasteiger partial charge in [-0.25, -0.2) is 0 Å². The van der Waals surface area contributed by atoms with Gasteiger partial charge in [-0.15, -0.1) is 11.3 Å². The molecule has 1 unspecified atom stereocenters. The number of hydrogen-bond acceptors (Lipinski definition) is 6. The predicted molar refractivity (Wildman–Crippen MR) is 117 cm³/mol. The number of ether oxygens (including phenoxy) is 2. The van der Waals surface area contributed by atoms with Gasteiger partial charge in [-0.3, -0.25) is 14.5 Å². The van der Waals surface area contributed by atoms with Crippen molar-refractivity contribution in [1.82, 2.24) is 10.2 Å². The van der Waals surface area contributed by atoms with Gasteiger partial charge in [0.05, 0.1) is 6.04 Å². The smallest absolute Gasteiger partial charge is 0.237 e. The number of benzene rings is 1. The Kier molecular flexibility index (Phi) is 6.69. The van der Waals surface area contributed by atoms with Crippen molar-refractivity contribution in [3.63, 3.8) is 0 Å². The highest BCUT2D eigenvalue weighted by Crippen LogP contribution is 2.32. The molecule has 1 amide bonds. The van der Waals surface area contributed by atoms with Crippen molar-refractivity contribution in [3.05, 3.63) is 46.2 Å². The molecule has 1 saturated heterocycles. The summed E-state index contributed by atoms with van der Waals surface area (Å²) in [4.78, 5) is 28.9. The van der Waals surface area contributed by atoms with Crippen molar-refractivity contribution in [2.75, 3.05) is 32.8 Å². The minimum Gasteiger partial charge on any atom is -0.486 e. The van der Waals surface area contributed by atoms with Gasteiger partial charge in [0.2, 0.25) is 5.91 Å². The molecule has 7 heteroatoms. The molecule has 1 aromatic heterocycles. The maximum Gasteiger partial charge on any atom is 0.237 e. The van der Waals surface area contributed by atoms with Crippen LogP contribution in [0.5, 0.6) is 11.5 Å². The molecule has 3 heterocycles. The zero-order valence-corrected chi connectivity index (χ0v) is 18.1. The molecule has 6 nitrogen and oxygen atoms in total. The average Bonchev–Trinajstić information content (AvgIpc) is 3.31. The van der Waals surface area contributed by atoms with Gasteiger partial charge in [0.25, 0.3) is 0 Å². The molecule has 0 bridgehead atoms. The first-order valence-electron chi connectivity index (χ1n) is 10.6. The summed E-state index contributed by atoms with van der Waals surface area (Å²) in [6, 6.07) is 9.38. The fourth-order valence-corrected chi connectivity index (χ4v) is 4.77. The van der Waals surface area contributed by atoms with Crippen LogP contribution in [-0.4, -0.2) is 55.5 Å². The number of thiophene rings is 1. The molecule has 2 aliphatic rings. The SMILES string of the molecule is CC(C(=O)NCCc1cccs1)N1CCC(C(=O)c2ccc3c(c2)OCCO3)CC1. The van der Waals surface area contributed by atoms with Crippen LogP contribution in [0, 0.1) is 5.92 Å². The van der Waals surface area contributed by atoms with Crippen molar-refractivity contribution in [3.8, 4) is 11.5 Å². The van der Waals surface area contributed by atoms with E-state index in [-0.39, 0.29) is 23.7 Å². The van der Waals surface area contributed by atoms with Crippen molar-refractivity contribution in [2.24, 2.45) is 5.92 Å². The number of piperidine rings is 1. The summed E-state index contributed by atoms with van der Waals surface area (Å²) in [5.74, 6) is 1.55. The fourth-order valence-electron chi connectivity index (χ4n) is 4.06. The lowest BCUT2D eigenvalue weighted by Crippen LogP contribution is -2.49. The van der Waals surface area contributed by atoms with Crippen LogP contribution in [0.4, 0.5) is 0 Å². The third-order valence-corrected chi connectivity index (χ3v) is 6.84. The summed E-state index contributed by atoms with van der Waals surface area (Å²) in [6.45, 7) is 5.15. The third kappa shape index (κ3) is 4.84. The molecule has 2 aromatic rings. The zero-order chi connectivity index (χ0) is 20.9. The second kappa shape index (κ2) is 9.62. The Bertz CT molecular complexity index is 875. The number of rotatable bonds is 7.